The summed E-state index contributed by atoms with van der Waals surface area (Å²) in [6.07, 6.45) is -4.04. The second kappa shape index (κ2) is 6.93. The smallest absolute Gasteiger partial charge is 0.416 e. The van der Waals surface area contributed by atoms with Crippen LogP contribution < -0.4 is 4.74 Å². The van der Waals surface area contributed by atoms with Gasteiger partial charge in [-0.3, -0.25) is 4.90 Å². The van der Waals surface area contributed by atoms with Crippen molar-refractivity contribution >= 4 is 12.1 Å². The van der Waals surface area contributed by atoms with Crippen LogP contribution in [0.3, 0.4) is 0 Å². The predicted molar refractivity (Wildman–Crippen MR) is 83.0 cm³/mol. The first-order chi connectivity index (χ1) is 11.5. The van der Waals surface area contributed by atoms with Crippen LogP contribution in [-0.4, -0.2) is 35.2 Å². The lowest BCUT2D eigenvalue weighted by molar-refractivity contribution is -0.139. The van der Waals surface area contributed by atoms with Crippen molar-refractivity contribution in [1.29, 1.82) is 0 Å². The van der Waals surface area contributed by atoms with Crippen molar-refractivity contribution < 1.29 is 32.2 Å². The van der Waals surface area contributed by atoms with Crippen molar-refractivity contribution in [2.45, 2.75) is 51.4 Å². The highest BCUT2D eigenvalue weighted by Crippen LogP contribution is 2.30. The Kier molecular flexibility index (Phi) is 5.29. The Morgan fingerprint density at radius 3 is 2.24 bits per heavy atom. The molecule has 1 saturated heterocycles. The largest absolute Gasteiger partial charge is 0.444 e. The fourth-order valence-corrected chi connectivity index (χ4v) is 2.45. The molecular weight excluding hydrogens is 339 g/mol. The van der Waals surface area contributed by atoms with Gasteiger partial charge in [-0.2, -0.15) is 13.2 Å². The molecule has 1 unspecified atom stereocenters. The van der Waals surface area contributed by atoms with E-state index >= 15 is 0 Å². The third-order valence-corrected chi connectivity index (χ3v) is 3.55. The number of nitrogens with zero attached hydrogens (tertiary/aromatic N) is 1. The Balaban J connectivity index is 2.03. The molecule has 0 radical (unpaired) electrons. The number of likely N-dealkylation sites (tertiary alicyclic amines) is 1. The highest BCUT2D eigenvalue weighted by Gasteiger charge is 2.38. The van der Waals surface area contributed by atoms with Crippen LogP contribution in [0.5, 0.6) is 5.75 Å². The first-order valence-electron chi connectivity index (χ1n) is 7.86. The van der Waals surface area contributed by atoms with Gasteiger partial charge in [-0.05, 0) is 57.9 Å². The van der Waals surface area contributed by atoms with Crippen molar-refractivity contribution in [3.05, 3.63) is 29.8 Å². The van der Waals surface area contributed by atoms with Gasteiger partial charge in [0.15, 0.2) is 0 Å². The van der Waals surface area contributed by atoms with E-state index in [0.717, 1.165) is 24.3 Å². The fourth-order valence-electron chi connectivity index (χ4n) is 2.45. The Morgan fingerprint density at radius 1 is 1.12 bits per heavy atom. The third-order valence-electron chi connectivity index (χ3n) is 3.55. The number of carbonyl (C=O) groups is 2. The van der Waals surface area contributed by atoms with E-state index < -0.39 is 35.4 Å². The Hall–Kier alpha value is -2.25. The zero-order valence-electron chi connectivity index (χ0n) is 14.2. The molecule has 1 aliphatic heterocycles. The maximum atomic E-state index is 12.5. The molecule has 0 N–H and O–H groups in total. The molecule has 1 aromatic rings. The number of amides is 1. The molecule has 1 aliphatic rings. The number of ether oxygens (including phenoxy) is 2. The Morgan fingerprint density at radius 2 is 1.72 bits per heavy atom. The second-order valence-electron chi connectivity index (χ2n) is 6.77. The summed E-state index contributed by atoms with van der Waals surface area (Å²) in [5.41, 5.74) is -1.52. The maximum Gasteiger partial charge on any atom is 0.416 e. The summed E-state index contributed by atoms with van der Waals surface area (Å²) in [6, 6.07) is 3.02. The summed E-state index contributed by atoms with van der Waals surface area (Å²) >= 11 is 0. The number of alkyl halides is 3. The van der Waals surface area contributed by atoms with Crippen LogP contribution in [0.25, 0.3) is 0 Å². The van der Waals surface area contributed by atoms with Gasteiger partial charge in [-0.15, -0.1) is 0 Å². The molecule has 1 aromatic carbocycles. The van der Waals surface area contributed by atoms with E-state index in [1.165, 1.54) is 4.90 Å². The van der Waals surface area contributed by atoms with Gasteiger partial charge in [0.2, 0.25) is 0 Å². The number of rotatable bonds is 2. The van der Waals surface area contributed by atoms with Gasteiger partial charge in [0.25, 0.3) is 0 Å². The van der Waals surface area contributed by atoms with E-state index in [4.69, 9.17) is 9.47 Å². The number of benzene rings is 1. The lowest BCUT2D eigenvalue weighted by Crippen LogP contribution is -2.44. The van der Waals surface area contributed by atoms with Crippen molar-refractivity contribution in [3.63, 3.8) is 0 Å². The molecule has 1 fully saturated rings. The van der Waals surface area contributed by atoms with Crippen LogP contribution in [0.1, 0.15) is 39.2 Å². The minimum atomic E-state index is -4.46. The molecule has 8 heteroatoms. The zero-order valence-corrected chi connectivity index (χ0v) is 14.2. The summed E-state index contributed by atoms with van der Waals surface area (Å²) in [6.45, 7) is 5.52. The summed E-state index contributed by atoms with van der Waals surface area (Å²) in [5, 5.41) is 0. The highest BCUT2D eigenvalue weighted by atomic mass is 19.4. The molecule has 0 aromatic heterocycles. The number of esters is 1. The predicted octanol–water partition coefficient (Wildman–Crippen LogP) is 4.01. The zero-order chi connectivity index (χ0) is 18.8. The quantitative estimate of drug-likeness (QED) is 0.591. The lowest BCUT2D eigenvalue weighted by atomic mass is 10.2. The molecule has 5 nitrogen and oxygen atoms in total. The lowest BCUT2D eigenvalue weighted by Gasteiger charge is -2.27. The van der Waals surface area contributed by atoms with Gasteiger partial charge < -0.3 is 9.47 Å². The number of carbonyl (C=O) groups excluding carboxylic acids is 2. The van der Waals surface area contributed by atoms with Gasteiger partial charge in [0.05, 0.1) is 5.56 Å². The molecule has 1 amide bonds. The molecule has 138 valence electrons. The van der Waals surface area contributed by atoms with Crippen molar-refractivity contribution in [2.75, 3.05) is 6.54 Å². The maximum absolute atomic E-state index is 12.5. The van der Waals surface area contributed by atoms with Crippen molar-refractivity contribution in [2.24, 2.45) is 0 Å². The van der Waals surface area contributed by atoms with Crippen LogP contribution in [0, 0.1) is 0 Å². The SMILES string of the molecule is CC(C)(C)OC(=O)N1CCCC1C(=O)Oc1ccc(C(F)(F)F)cc1. The molecule has 1 heterocycles. The van der Waals surface area contributed by atoms with Crippen LogP contribution in [0.4, 0.5) is 18.0 Å². The minimum absolute atomic E-state index is 0.00552. The van der Waals surface area contributed by atoms with Crippen LogP contribution in [-0.2, 0) is 15.7 Å². The standard InChI is InChI=1S/C17H20F3NO4/c1-16(2,3)25-15(23)21-10-4-5-13(21)14(22)24-12-8-6-11(7-9-12)17(18,19)20/h6-9,13H,4-5,10H2,1-3H3. The average molecular weight is 359 g/mol. The van der Waals surface area contributed by atoms with Gasteiger partial charge in [-0.1, -0.05) is 0 Å². The molecule has 25 heavy (non-hydrogen) atoms. The van der Waals surface area contributed by atoms with Crippen LogP contribution >= 0.6 is 0 Å². The molecule has 0 aliphatic carbocycles. The van der Waals surface area contributed by atoms with Crippen LogP contribution in [0.15, 0.2) is 24.3 Å². The Bertz CT molecular complexity index is 635. The molecular formula is C17H20F3NO4. The molecule has 0 spiro atoms. The normalized spacial score (nSPS) is 18.2. The van der Waals surface area contributed by atoms with E-state index in [1.807, 2.05) is 0 Å². The number of hydrogen-bond acceptors (Lipinski definition) is 4. The summed E-state index contributed by atoms with van der Waals surface area (Å²) < 4.78 is 48.0. The molecule has 0 saturated carbocycles. The van der Waals surface area contributed by atoms with Crippen molar-refractivity contribution in [1.82, 2.24) is 4.90 Å². The molecule has 2 rings (SSSR count). The molecule has 1 atom stereocenters. The van der Waals surface area contributed by atoms with E-state index in [1.54, 1.807) is 20.8 Å². The van der Waals surface area contributed by atoms with Gasteiger partial charge in [0, 0.05) is 6.54 Å². The Labute approximate surface area is 143 Å². The summed E-state index contributed by atoms with van der Waals surface area (Å²) in [7, 11) is 0. The fraction of sp³-hybridized carbons (Fsp3) is 0.529. The third kappa shape index (κ3) is 5.11. The van der Waals surface area contributed by atoms with Crippen molar-refractivity contribution in [3.8, 4) is 5.75 Å². The van der Waals surface area contributed by atoms with Gasteiger partial charge in [0.1, 0.15) is 17.4 Å². The van der Waals surface area contributed by atoms with Crippen LogP contribution in [0.2, 0.25) is 0 Å². The number of halogens is 3. The highest BCUT2D eigenvalue weighted by molar-refractivity contribution is 5.83. The molecule has 0 bridgehead atoms. The second-order valence-corrected chi connectivity index (χ2v) is 6.77. The van der Waals surface area contributed by atoms with E-state index in [9.17, 15) is 22.8 Å². The average Bonchev–Trinajstić information content (AvgIpc) is 2.94. The summed E-state index contributed by atoms with van der Waals surface area (Å²) in [4.78, 5) is 25.7. The first kappa shape index (κ1) is 19.1. The summed E-state index contributed by atoms with van der Waals surface area (Å²) in [5.74, 6) is -0.697. The number of hydrogen-bond donors (Lipinski definition) is 0. The topological polar surface area (TPSA) is 55.8 Å². The minimum Gasteiger partial charge on any atom is -0.444 e. The van der Waals surface area contributed by atoms with Gasteiger partial charge >= 0.3 is 18.2 Å². The van der Waals surface area contributed by atoms with E-state index in [2.05, 4.69) is 0 Å². The van der Waals surface area contributed by atoms with E-state index in [-0.39, 0.29) is 5.75 Å². The van der Waals surface area contributed by atoms with E-state index in [0.29, 0.717) is 19.4 Å². The first-order valence-corrected chi connectivity index (χ1v) is 7.86. The monoisotopic (exact) mass is 359 g/mol. The van der Waals surface area contributed by atoms with Gasteiger partial charge in [-0.25, -0.2) is 9.59 Å².